The lowest BCUT2D eigenvalue weighted by molar-refractivity contribution is -0.137. The van der Waals surface area contributed by atoms with Crippen LogP contribution in [0.25, 0.3) is 0 Å². The minimum atomic E-state index is -0.980. The van der Waals surface area contributed by atoms with Crippen LogP contribution >= 0.6 is 0 Å². The molecule has 0 spiro atoms. The molecular weight excluding hydrogens is 209 g/mol. The van der Waals surface area contributed by atoms with Crippen molar-refractivity contribution < 1.29 is 14.3 Å². The van der Waals surface area contributed by atoms with Gasteiger partial charge in [-0.15, -0.1) is 0 Å². The van der Waals surface area contributed by atoms with Crippen molar-refractivity contribution in [1.82, 2.24) is 0 Å². The van der Waals surface area contributed by atoms with Crippen LogP contribution in [0, 0.1) is 5.82 Å². The van der Waals surface area contributed by atoms with Crippen molar-refractivity contribution in [2.24, 2.45) is 5.73 Å². The van der Waals surface area contributed by atoms with Crippen LogP contribution in [0.15, 0.2) is 24.3 Å². The number of hydrogen-bond donors (Lipinski definition) is 2. The van der Waals surface area contributed by atoms with Gasteiger partial charge in [0.2, 0.25) is 0 Å². The third-order valence-electron chi connectivity index (χ3n) is 2.56. The van der Waals surface area contributed by atoms with Gasteiger partial charge in [0.25, 0.3) is 0 Å². The zero-order valence-electron chi connectivity index (χ0n) is 9.40. The van der Waals surface area contributed by atoms with Gasteiger partial charge in [0, 0.05) is 11.5 Å². The van der Waals surface area contributed by atoms with E-state index in [9.17, 15) is 9.18 Å². The normalized spacial score (nSPS) is 13.5. The molecule has 0 radical (unpaired) electrons. The van der Waals surface area contributed by atoms with E-state index in [0.717, 1.165) is 0 Å². The first-order valence-electron chi connectivity index (χ1n) is 5.07. The maximum atomic E-state index is 13.6. The van der Waals surface area contributed by atoms with Crippen molar-refractivity contribution in [3.8, 4) is 0 Å². The Hall–Kier alpha value is -1.42. The number of rotatable bonds is 4. The molecule has 1 aromatic rings. The van der Waals surface area contributed by atoms with E-state index in [1.807, 2.05) is 0 Å². The van der Waals surface area contributed by atoms with Gasteiger partial charge in [0.1, 0.15) is 5.82 Å². The quantitative estimate of drug-likeness (QED) is 0.825. The van der Waals surface area contributed by atoms with Crippen LogP contribution in [0.1, 0.15) is 31.7 Å². The lowest BCUT2D eigenvalue weighted by atomic mass is 9.80. The van der Waals surface area contributed by atoms with Gasteiger partial charge in [-0.2, -0.15) is 0 Å². The van der Waals surface area contributed by atoms with E-state index in [4.69, 9.17) is 10.8 Å². The highest BCUT2D eigenvalue weighted by Crippen LogP contribution is 2.31. The Bertz CT molecular complexity index is 385. The molecule has 0 amide bonds. The molecule has 0 saturated heterocycles. The summed E-state index contributed by atoms with van der Waals surface area (Å²) in [6.07, 6.45) is -0.176. The van der Waals surface area contributed by atoms with E-state index in [0.29, 0.717) is 5.56 Å². The average molecular weight is 225 g/mol. The second-order valence-corrected chi connectivity index (χ2v) is 4.49. The van der Waals surface area contributed by atoms with Crippen molar-refractivity contribution in [3.63, 3.8) is 0 Å². The van der Waals surface area contributed by atoms with Crippen molar-refractivity contribution in [1.29, 1.82) is 0 Å². The van der Waals surface area contributed by atoms with E-state index >= 15 is 0 Å². The van der Waals surface area contributed by atoms with Crippen LogP contribution in [0.2, 0.25) is 0 Å². The SMILES string of the molecule is CC(C)(N)C(CC(=O)O)c1ccccc1F. The van der Waals surface area contributed by atoms with Gasteiger partial charge in [-0.05, 0) is 25.5 Å². The van der Waals surface area contributed by atoms with Crippen molar-refractivity contribution >= 4 is 5.97 Å². The number of carboxylic acid groups (broad SMARTS) is 1. The number of nitrogens with two attached hydrogens (primary N) is 1. The molecule has 1 rings (SSSR count). The summed E-state index contributed by atoms with van der Waals surface area (Å²) in [6.45, 7) is 3.40. The van der Waals surface area contributed by atoms with Crippen molar-refractivity contribution in [3.05, 3.63) is 35.6 Å². The molecule has 0 aliphatic rings. The maximum Gasteiger partial charge on any atom is 0.304 e. The van der Waals surface area contributed by atoms with Gasteiger partial charge in [-0.25, -0.2) is 4.39 Å². The molecule has 0 aliphatic carbocycles. The van der Waals surface area contributed by atoms with E-state index in [1.165, 1.54) is 6.07 Å². The van der Waals surface area contributed by atoms with Crippen LogP contribution < -0.4 is 5.73 Å². The number of aliphatic carboxylic acids is 1. The van der Waals surface area contributed by atoms with E-state index < -0.39 is 23.2 Å². The fourth-order valence-electron chi connectivity index (χ4n) is 1.71. The summed E-state index contributed by atoms with van der Waals surface area (Å²) in [4.78, 5) is 10.8. The molecule has 88 valence electrons. The van der Waals surface area contributed by atoms with Gasteiger partial charge < -0.3 is 10.8 Å². The van der Waals surface area contributed by atoms with Crippen LogP contribution in [0.5, 0.6) is 0 Å². The predicted molar refractivity (Wildman–Crippen MR) is 59.7 cm³/mol. The second kappa shape index (κ2) is 4.61. The van der Waals surface area contributed by atoms with Crippen molar-refractivity contribution in [2.45, 2.75) is 31.7 Å². The Morgan fingerprint density at radius 2 is 2.06 bits per heavy atom. The first-order valence-corrected chi connectivity index (χ1v) is 5.07. The summed E-state index contributed by atoms with van der Waals surface area (Å²) in [7, 11) is 0. The zero-order chi connectivity index (χ0) is 12.3. The van der Waals surface area contributed by atoms with Crippen LogP contribution in [-0.2, 0) is 4.79 Å². The smallest absolute Gasteiger partial charge is 0.304 e. The summed E-state index contributed by atoms with van der Waals surface area (Å²) in [6, 6.07) is 6.15. The van der Waals surface area contributed by atoms with Gasteiger partial charge in [-0.3, -0.25) is 4.79 Å². The van der Waals surface area contributed by atoms with Crippen LogP contribution in [0.4, 0.5) is 4.39 Å². The molecular formula is C12H16FNO2. The highest BCUT2D eigenvalue weighted by molar-refractivity contribution is 5.68. The number of carbonyl (C=O) groups is 1. The molecule has 0 aromatic heterocycles. The summed E-state index contributed by atoms with van der Waals surface area (Å²) in [5, 5.41) is 8.82. The largest absolute Gasteiger partial charge is 0.481 e. The van der Waals surface area contributed by atoms with Gasteiger partial charge in [-0.1, -0.05) is 18.2 Å². The van der Waals surface area contributed by atoms with E-state index in [-0.39, 0.29) is 6.42 Å². The highest BCUT2D eigenvalue weighted by atomic mass is 19.1. The second-order valence-electron chi connectivity index (χ2n) is 4.49. The fourth-order valence-corrected chi connectivity index (χ4v) is 1.71. The predicted octanol–water partition coefficient (Wildman–Crippen LogP) is 2.12. The number of halogens is 1. The van der Waals surface area contributed by atoms with Gasteiger partial charge >= 0.3 is 5.97 Å². The highest BCUT2D eigenvalue weighted by Gasteiger charge is 2.30. The van der Waals surface area contributed by atoms with E-state index in [2.05, 4.69) is 0 Å². The molecule has 0 heterocycles. The molecule has 3 nitrogen and oxygen atoms in total. The minimum Gasteiger partial charge on any atom is -0.481 e. The Morgan fingerprint density at radius 3 is 2.50 bits per heavy atom. The minimum absolute atomic E-state index is 0.176. The first kappa shape index (κ1) is 12.6. The lowest BCUT2D eigenvalue weighted by Crippen LogP contribution is -2.40. The monoisotopic (exact) mass is 225 g/mol. The topological polar surface area (TPSA) is 63.3 Å². The Labute approximate surface area is 94.1 Å². The Balaban J connectivity index is 3.12. The Morgan fingerprint density at radius 1 is 1.50 bits per heavy atom. The third kappa shape index (κ3) is 3.03. The molecule has 16 heavy (non-hydrogen) atoms. The van der Waals surface area contributed by atoms with Crippen LogP contribution in [-0.4, -0.2) is 16.6 Å². The molecule has 3 N–H and O–H groups in total. The maximum absolute atomic E-state index is 13.6. The summed E-state index contributed by atoms with van der Waals surface area (Å²) in [5.74, 6) is -1.93. The number of carboxylic acids is 1. The molecule has 1 atom stereocenters. The van der Waals surface area contributed by atoms with Gasteiger partial charge in [0.05, 0.1) is 6.42 Å². The van der Waals surface area contributed by atoms with Crippen LogP contribution in [0.3, 0.4) is 0 Å². The van der Waals surface area contributed by atoms with Crippen molar-refractivity contribution in [2.75, 3.05) is 0 Å². The first-order chi connectivity index (χ1) is 7.32. The molecule has 4 heteroatoms. The molecule has 0 fully saturated rings. The standard InChI is InChI=1S/C12H16FNO2/c1-12(2,14)9(7-11(15)16)8-5-3-4-6-10(8)13/h3-6,9H,7,14H2,1-2H3,(H,15,16). The number of benzene rings is 1. The zero-order valence-corrected chi connectivity index (χ0v) is 9.40. The molecule has 0 saturated carbocycles. The average Bonchev–Trinajstić information content (AvgIpc) is 2.13. The lowest BCUT2D eigenvalue weighted by Gasteiger charge is -2.30. The summed E-state index contributed by atoms with van der Waals surface area (Å²) in [5.41, 5.74) is 5.48. The third-order valence-corrected chi connectivity index (χ3v) is 2.56. The Kier molecular flexibility index (Phi) is 3.65. The molecule has 1 unspecified atom stereocenters. The molecule has 0 bridgehead atoms. The van der Waals surface area contributed by atoms with E-state index in [1.54, 1.807) is 32.0 Å². The number of hydrogen-bond acceptors (Lipinski definition) is 2. The van der Waals surface area contributed by atoms with Gasteiger partial charge in [0.15, 0.2) is 0 Å². The fraction of sp³-hybridized carbons (Fsp3) is 0.417. The molecule has 1 aromatic carbocycles. The summed E-state index contributed by atoms with van der Waals surface area (Å²) >= 11 is 0. The summed E-state index contributed by atoms with van der Waals surface area (Å²) < 4.78 is 13.6. The molecule has 0 aliphatic heterocycles.